The van der Waals surface area contributed by atoms with E-state index in [-0.39, 0.29) is 0 Å². The van der Waals surface area contributed by atoms with E-state index in [9.17, 15) is 0 Å². The Hall–Kier alpha value is -2.58. The molecule has 0 bridgehead atoms. The Bertz CT molecular complexity index is 765. The van der Waals surface area contributed by atoms with Gasteiger partial charge in [0.2, 0.25) is 0 Å². The minimum atomic E-state index is 0.444. The molecule has 0 N–H and O–H groups in total. The number of hydrogen-bond donors (Lipinski definition) is 0. The molecule has 0 spiro atoms. The van der Waals surface area contributed by atoms with Crippen LogP contribution in [-0.2, 0) is 11.4 Å². The number of halogens is 1. The maximum absolute atomic E-state index is 5.83. The molecule has 0 saturated carbocycles. The van der Waals surface area contributed by atoms with Crippen LogP contribution in [0, 0.1) is 0 Å². The van der Waals surface area contributed by atoms with E-state index in [1.165, 1.54) is 11.1 Å². The quantitative estimate of drug-likeness (QED) is 0.445. The summed E-state index contributed by atoms with van der Waals surface area (Å²) in [4.78, 5) is 5.34. The van der Waals surface area contributed by atoms with Crippen LogP contribution >= 0.6 is 11.6 Å². The fraction of sp³-hybridized carbons (Fsp3) is 0.0500. The highest BCUT2D eigenvalue weighted by atomic mass is 35.5. The summed E-state index contributed by atoms with van der Waals surface area (Å²) < 4.78 is 0. The molecule has 0 aliphatic heterocycles. The number of hydrogen-bond acceptors (Lipinski definition) is 2. The zero-order valence-electron chi connectivity index (χ0n) is 12.5. The van der Waals surface area contributed by atoms with Gasteiger partial charge >= 0.3 is 0 Å². The Balaban J connectivity index is 1.55. The third kappa shape index (κ3) is 4.44. The van der Waals surface area contributed by atoms with Gasteiger partial charge in [-0.2, -0.15) is 0 Å². The van der Waals surface area contributed by atoms with Crippen LogP contribution in [0.3, 0.4) is 0 Å². The van der Waals surface area contributed by atoms with Gasteiger partial charge in [-0.1, -0.05) is 83.5 Å². The van der Waals surface area contributed by atoms with Crippen LogP contribution < -0.4 is 0 Å². The molecule has 3 aromatic carbocycles. The predicted octanol–water partition coefficient (Wildman–Crippen LogP) is 5.56. The number of nitrogens with zero attached hydrogens (tertiary/aromatic N) is 1. The highest BCUT2D eigenvalue weighted by molar-refractivity contribution is 6.30. The molecule has 0 radical (unpaired) electrons. The third-order valence-corrected chi connectivity index (χ3v) is 3.69. The smallest absolute Gasteiger partial charge is 0.142 e. The molecule has 0 aliphatic rings. The first-order valence-corrected chi connectivity index (χ1v) is 7.74. The Kier molecular flexibility index (Phi) is 5.07. The van der Waals surface area contributed by atoms with E-state index in [0.29, 0.717) is 11.6 Å². The zero-order chi connectivity index (χ0) is 15.9. The van der Waals surface area contributed by atoms with Gasteiger partial charge in [-0.15, -0.1) is 0 Å². The summed E-state index contributed by atoms with van der Waals surface area (Å²) in [6.45, 7) is 0.444. The van der Waals surface area contributed by atoms with Gasteiger partial charge in [0.05, 0.1) is 6.21 Å². The van der Waals surface area contributed by atoms with Gasteiger partial charge in [0, 0.05) is 5.02 Å². The number of rotatable bonds is 5. The van der Waals surface area contributed by atoms with Crippen molar-refractivity contribution in [2.45, 2.75) is 6.61 Å². The number of oxime groups is 1. The van der Waals surface area contributed by atoms with E-state index in [1.807, 2.05) is 42.5 Å². The highest BCUT2D eigenvalue weighted by Gasteiger charge is 1.97. The van der Waals surface area contributed by atoms with Gasteiger partial charge < -0.3 is 4.84 Å². The van der Waals surface area contributed by atoms with Crippen molar-refractivity contribution in [3.8, 4) is 11.1 Å². The Morgan fingerprint density at radius 3 is 2.13 bits per heavy atom. The predicted molar refractivity (Wildman–Crippen MR) is 95.7 cm³/mol. The molecular formula is C20H16ClNO. The Morgan fingerprint density at radius 1 is 0.783 bits per heavy atom. The molecule has 3 aromatic rings. The average molecular weight is 322 g/mol. The zero-order valence-corrected chi connectivity index (χ0v) is 13.3. The van der Waals surface area contributed by atoms with E-state index < -0.39 is 0 Å². The second-order valence-electron chi connectivity index (χ2n) is 5.12. The third-order valence-electron chi connectivity index (χ3n) is 3.44. The molecule has 23 heavy (non-hydrogen) atoms. The van der Waals surface area contributed by atoms with Crippen LogP contribution in [0.15, 0.2) is 84.0 Å². The first-order valence-electron chi connectivity index (χ1n) is 7.36. The van der Waals surface area contributed by atoms with Gasteiger partial charge in [0.25, 0.3) is 0 Å². The number of benzene rings is 3. The van der Waals surface area contributed by atoms with Gasteiger partial charge in [-0.3, -0.25) is 0 Å². The summed E-state index contributed by atoms with van der Waals surface area (Å²) in [6, 6.07) is 26.0. The summed E-state index contributed by atoms with van der Waals surface area (Å²) in [5.41, 5.74) is 4.44. The lowest BCUT2D eigenvalue weighted by Crippen LogP contribution is -1.88. The molecule has 114 valence electrons. The minimum absolute atomic E-state index is 0.444. The van der Waals surface area contributed by atoms with Crippen LogP contribution in [0.2, 0.25) is 5.02 Å². The molecule has 0 aromatic heterocycles. The summed E-state index contributed by atoms with van der Waals surface area (Å²) in [5, 5.41) is 4.69. The molecule has 0 aliphatic carbocycles. The molecule has 0 fully saturated rings. The van der Waals surface area contributed by atoms with E-state index in [2.05, 4.69) is 41.6 Å². The monoisotopic (exact) mass is 321 g/mol. The molecule has 0 amide bonds. The highest BCUT2D eigenvalue weighted by Crippen LogP contribution is 2.19. The SMILES string of the molecule is Clc1ccc(C=NOCc2ccc(-c3ccccc3)cc2)cc1. The average Bonchev–Trinajstić information content (AvgIpc) is 2.62. The van der Waals surface area contributed by atoms with Crippen molar-refractivity contribution in [2.24, 2.45) is 5.16 Å². The topological polar surface area (TPSA) is 21.6 Å². The summed E-state index contributed by atoms with van der Waals surface area (Å²) in [5.74, 6) is 0. The van der Waals surface area contributed by atoms with E-state index >= 15 is 0 Å². The molecule has 3 rings (SSSR count). The van der Waals surface area contributed by atoms with Crippen molar-refractivity contribution in [3.63, 3.8) is 0 Å². The van der Waals surface area contributed by atoms with Crippen LogP contribution in [0.4, 0.5) is 0 Å². The molecule has 3 heteroatoms. The standard InChI is InChI=1S/C20H16ClNO/c21-20-12-8-16(9-13-20)14-22-23-15-17-6-10-19(11-7-17)18-4-2-1-3-5-18/h1-14H,15H2. The maximum Gasteiger partial charge on any atom is 0.142 e. The largest absolute Gasteiger partial charge is 0.391 e. The van der Waals surface area contributed by atoms with E-state index in [0.717, 1.165) is 11.1 Å². The molecule has 0 atom stereocenters. The van der Waals surface area contributed by atoms with Gasteiger partial charge in [-0.05, 0) is 34.4 Å². The van der Waals surface area contributed by atoms with Crippen LogP contribution in [0.25, 0.3) is 11.1 Å². The minimum Gasteiger partial charge on any atom is -0.391 e. The normalized spacial score (nSPS) is 10.8. The fourth-order valence-corrected chi connectivity index (χ4v) is 2.31. The van der Waals surface area contributed by atoms with Crippen LogP contribution in [-0.4, -0.2) is 6.21 Å². The summed E-state index contributed by atoms with van der Waals surface area (Å²) in [7, 11) is 0. The van der Waals surface area contributed by atoms with Crippen molar-refractivity contribution in [1.82, 2.24) is 0 Å². The fourth-order valence-electron chi connectivity index (χ4n) is 2.18. The summed E-state index contributed by atoms with van der Waals surface area (Å²) in [6.07, 6.45) is 1.68. The van der Waals surface area contributed by atoms with Crippen LogP contribution in [0.1, 0.15) is 11.1 Å². The first-order chi connectivity index (χ1) is 11.3. The van der Waals surface area contributed by atoms with Crippen LogP contribution in [0.5, 0.6) is 0 Å². The lowest BCUT2D eigenvalue weighted by Gasteiger charge is -2.04. The Labute approximate surface area is 141 Å². The van der Waals surface area contributed by atoms with Gasteiger partial charge in [-0.25, -0.2) is 0 Å². The van der Waals surface area contributed by atoms with Crippen molar-refractivity contribution in [2.75, 3.05) is 0 Å². The molecular weight excluding hydrogens is 306 g/mol. The van der Waals surface area contributed by atoms with Crippen molar-refractivity contribution in [1.29, 1.82) is 0 Å². The van der Waals surface area contributed by atoms with E-state index in [4.69, 9.17) is 16.4 Å². The lowest BCUT2D eigenvalue weighted by atomic mass is 10.0. The van der Waals surface area contributed by atoms with Crippen molar-refractivity contribution >= 4 is 17.8 Å². The molecule has 0 heterocycles. The summed E-state index contributed by atoms with van der Waals surface area (Å²) >= 11 is 5.83. The molecule has 0 unspecified atom stereocenters. The Morgan fingerprint density at radius 2 is 1.43 bits per heavy atom. The van der Waals surface area contributed by atoms with Gasteiger partial charge in [0.1, 0.15) is 6.61 Å². The van der Waals surface area contributed by atoms with E-state index in [1.54, 1.807) is 6.21 Å². The second kappa shape index (κ2) is 7.61. The first kappa shape index (κ1) is 15.3. The molecule has 2 nitrogen and oxygen atoms in total. The van der Waals surface area contributed by atoms with Crippen molar-refractivity contribution < 1.29 is 4.84 Å². The van der Waals surface area contributed by atoms with Crippen molar-refractivity contribution in [3.05, 3.63) is 95.0 Å². The second-order valence-corrected chi connectivity index (χ2v) is 5.56. The molecule has 0 saturated heterocycles. The van der Waals surface area contributed by atoms with Gasteiger partial charge in [0.15, 0.2) is 0 Å². The maximum atomic E-state index is 5.83. The lowest BCUT2D eigenvalue weighted by molar-refractivity contribution is 0.132.